The van der Waals surface area contributed by atoms with Gasteiger partial charge in [0.15, 0.2) is 0 Å². The molecular weight excluding hydrogens is 340 g/mol. The van der Waals surface area contributed by atoms with E-state index in [1.165, 1.54) is 5.56 Å². The maximum atomic E-state index is 12.5. The van der Waals surface area contributed by atoms with Gasteiger partial charge in [-0.3, -0.25) is 9.59 Å². The number of nitrogens with zero attached hydrogens (tertiary/aromatic N) is 1. The van der Waals surface area contributed by atoms with Crippen molar-refractivity contribution in [3.8, 4) is 5.75 Å². The van der Waals surface area contributed by atoms with Crippen LogP contribution in [-0.4, -0.2) is 31.5 Å². The van der Waals surface area contributed by atoms with E-state index in [0.29, 0.717) is 18.5 Å². The molecule has 1 aliphatic rings. The van der Waals surface area contributed by atoms with Crippen molar-refractivity contribution in [3.63, 3.8) is 0 Å². The third-order valence-electron chi connectivity index (χ3n) is 4.86. The molecule has 2 aromatic carbocycles. The van der Waals surface area contributed by atoms with Crippen LogP contribution in [-0.2, 0) is 10.2 Å². The number of nitrogens with one attached hydrogen (secondary N) is 1. The molecule has 1 fully saturated rings. The average molecular weight is 366 g/mol. The van der Waals surface area contributed by atoms with Crippen LogP contribution in [0.3, 0.4) is 0 Å². The molecule has 1 atom stereocenters. The second kappa shape index (κ2) is 7.43. The van der Waals surface area contributed by atoms with Crippen LogP contribution in [0.25, 0.3) is 0 Å². The molecule has 2 amide bonds. The van der Waals surface area contributed by atoms with E-state index in [1.807, 2.05) is 48.5 Å². The molecule has 0 aliphatic carbocycles. The van der Waals surface area contributed by atoms with Gasteiger partial charge in [-0.1, -0.05) is 32.9 Å². The number of methoxy groups -OCH3 is 1. The summed E-state index contributed by atoms with van der Waals surface area (Å²) in [5.74, 6) is 0.604. The summed E-state index contributed by atoms with van der Waals surface area (Å²) in [4.78, 5) is 26.6. The molecule has 142 valence electrons. The molecule has 0 unspecified atom stereocenters. The number of benzene rings is 2. The van der Waals surface area contributed by atoms with E-state index in [4.69, 9.17) is 4.74 Å². The summed E-state index contributed by atoms with van der Waals surface area (Å²) in [6.07, 6.45) is 0.303. The number of anilines is 1. The second-order valence-electron chi connectivity index (χ2n) is 7.90. The van der Waals surface area contributed by atoms with Gasteiger partial charge in [-0.2, -0.15) is 0 Å². The van der Waals surface area contributed by atoms with Crippen molar-refractivity contribution >= 4 is 17.5 Å². The minimum Gasteiger partial charge on any atom is -0.497 e. The van der Waals surface area contributed by atoms with Gasteiger partial charge < -0.3 is 15.0 Å². The van der Waals surface area contributed by atoms with Crippen LogP contribution >= 0.6 is 0 Å². The monoisotopic (exact) mass is 366 g/mol. The predicted octanol–water partition coefficient (Wildman–Crippen LogP) is 3.53. The Morgan fingerprint density at radius 3 is 2.26 bits per heavy atom. The first-order chi connectivity index (χ1) is 12.8. The molecule has 5 heteroatoms. The molecule has 1 aliphatic heterocycles. The number of amides is 2. The van der Waals surface area contributed by atoms with Crippen molar-refractivity contribution in [1.82, 2.24) is 5.32 Å². The first-order valence-electron chi connectivity index (χ1n) is 9.14. The van der Waals surface area contributed by atoms with Gasteiger partial charge in [-0.25, -0.2) is 0 Å². The normalized spacial score (nSPS) is 17.1. The number of carbonyl (C=O) groups is 2. The Morgan fingerprint density at radius 1 is 1.07 bits per heavy atom. The van der Waals surface area contributed by atoms with Crippen LogP contribution in [0, 0.1) is 0 Å². The summed E-state index contributed by atoms with van der Waals surface area (Å²) in [5.41, 5.74) is 2.65. The van der Waals surface area contributed by atoms with E-state index in [1.54, 1.807) is 12.0 Å². The van der Waals surface area contributed by atoms with Crippen molar-refractivity contribution in [3.05, 3.63) is 59.7 Å². The minimum absolute atomic E-state index is 0.00791. The van der Waals surface area contributed by atoms with Crippen LogP contribution in [0.5, 0.6) is 5.75 Å². The molecule has 0 bridgehead atoms. The fraction of sp³-hybridized carbons (Fsp3) is 0.364. The first-order valence-corrected chi connectivity index (χ1v) is 9.14. The maximum Gasteiger partial charge on any atom is 0.251 e. The molecule has 2 aromatic rings. The number of hydrogen-bond acceptors (Lipinski definition) is 3. The van der Waals surface area contributed by atoms with Gasteiger partial charge in [0, 0.05) is 24.2 Å². The topological polar surface area (TPSA) is 58.6 Å². The molecule has 0 spiro atoms. The molecule has 3 rings (SSSR count). The summed E-state index contributed by atoms with van der Waals surface area (Å²) in [7, 11) is 1.61. The van der Waals surface area contributed by atoms with Crippen LogP contribution in [0.15, 0.2) is 48.5 Å². The van der Waals surface area contributed by atoms with Gasteiger partial charge in [-0.15, -0.1) is 0 Å². The SMILES string of the molecule is COc1ccc(N2C[C@H](NC(=O)c3ccc(C(C)(C)C)cc3)CC2=O)cc1. The Hall–Kier alpha value is -2.82. The predicted molar refractivity (Wildman–Crippen MR) is 106 cm³/mol. The third-order valence-corrected chi connectivity index (χ3v) is 4.86. The summed E-state index contributed by atoms with van der Waals surface area (Å²) in [5, 5.41) is 2.98. The van der Waals surface area contributed by atoms with Crippen molar-refractivity contribution in [2.45, 2.75) is 38.6 Å². The standard InChI is InChI=1S/C22H26N2O3/c1-22(2,3)16-7-5-15(6-8-16)21(26)23-17-13-20(25)24(14-17)18-9-11-19(27-4)12-10-18/h5-12,17H,13-14H2,1-4H3,(H,23,26)/t17-/m1/s1. The molecule has 1 saturated heterocycles. The Labute approximate surface area is 160 Å². The lowest BCUT2D eigenvalue weighted by Crippen LogP contribution is -2.37. The van der Waals surface area contributed by atoms with E-state index < -0.39 is 0 Å². The van der Waals surface area contributed by atoms with Gasteiger partial charge >= 0.3 is 0 Å². The minimum atomic E-state index is -0.200. The summed E-state index contributed by atoms with van der Waals surface area (Å²) in [6.45, 7) is 6.89. The zero-order valence-corrected chi connectivity index (χ0v) is 16.3. The van der Waals surface area contributed by atoms with Crippen molar-refractivity contribution in [2.75, 3.05) is 18.6 Å². The molecule has 1 N–H and O–H groups in total. The second-order valence-corrected chi connectivity index (χ2v) is 7.90. The van der Waals surface area contributed by atoms with E-state index in [9.17, 15) is 9.59 Å². The highest BCUT2D eigenvalue weighted by molar-refractivity contribution is 5.99. The Bertz CT molecular complexity index is 820. The van der Waals surface area contributed by atoms with E-state index in [0.717, 1.165) is 11.4 Å². The lowest BCUT2D eigenvalue weighted by Gasteiger charge is -2.19. The number of hydrogen-bond donors (Lipinski definition) is 1. The largest absolute Gasteiger partial charge is 0.497 e. The molecule has 1 heterocycles. The number of ether oxygens (including phenoxy) is 1. The van der Waals surface area contributed by atoms with E-state index >= 15 is 0 Å². The highest BCUT2D eigenvalue weighted by Gasteiger charge is 2.31. The highest BCUT2D eigenvalue weighted by atomic mass is 16.5. The van der Waals surface area contributed by atoms with Crippen LogP contribution in [0.1, 0.15) is 43.1 Å². The molecular formula is C22H26N2O3. The van der Waals surface area contributed by atoms with E-state index in [2.05, 4.69) is 26.1 Å². The molecule has 0 aromatic heterocycles. The zero-order valence-electron chi connectivity index (χ0n) is 16.3. The summed E-state index contributed by atoms with van der Waals surface area (Å²) in [6, 6.07) is 14.8. The van der Waals surface area contributed by atoms with Crippen LogP contribution in [0.4, 0.5) is 5.69 Å². The number of rotatable bonds is 4. The van der Waals surface area contributed by atoms with Gasteiger partial charge in [-0.05, 0) is 47.4 Å². The lowest BCUT2D eigenvalue weighted by molar-refractivity contribution is -0.117. The van der Waals surface area contributed by atoms with Crippen molar-refractivity contribution in [2.24, 2.45) is 0 Å². The zero-order chi connectivity index (χ0) is 19.6. The molecule has 0 saturated carbocycles. The lowest BCUT2D eigenvalue weighted by atomic mass is 9.86. The van der Waals surface area contributed by atoms with Crippen LogP contribution in [0.2, 0.25) is 0 Å². The molecule has 5 nitrogen and oxygen atoms in total. The Kier molecular flexibility index (Phi) is 5.22. The summed E-state index contributed by atoms with van der Waals surface area (Å²) < 4.78 is 5.15. The van der Waals surface area contributed by atoms with Crippen LogP contribution < -0.4 is 15.0 Å². The van der Waals surface area contributed by atoms with Gasteiger partial charge in [0.25, 0.3) is 5.91 Å². The highest BCUT2D eigenvalue weighted by Crippen LogP contribution is 2.25. The quantitative estimate of drug-likeness (QED) is 0.901. The average Bonchev–Trinajstić information content (AvgIpc) is 3.01. The summed E-state index contributed by atoms with van der Waals surface area (Å²) >= 11 is 0. The Morgan fingerprint density at radius 2 is 1.70 bits per heavy atom. The Balaban J connectivity index is 1.64. The third kappa shape index (κ3) is 4.30. The maximum absolute atomic E-state index is 12.5. The first kappa shape index (κ1) is 19.0. The van der Waals surface area contributed by atoms with Crippen molar-refractivity contribution < 1.29 is 14.3 Å². The number of carbonyl (C=O) groups excluding carboxylic acids is 2. The van der Waals surface area contributed by atoms with Gasteiger partial charge in [0.1, 0.15) is 5.75 Å². The smallest absolute Gasteiger partial charge is 0.251 e. The van der Waals surface area contributed by atoms with Crippen molar-refractivity contribution in [1.29, 1.82) is 0 Å². The van der Waals surface area contributed by atoms with Gasteiger partial charge in [0.05, 0.1) is 13.2 Å². The molecule has 0 radical (unpaired) electrons. The van der Waals surface area contributed by atoms with E-state index in [-0.39, 0.29) is 23.3 Å². The van der Waals surface area contributed by atoms with Gasteiger partial charge in [0.2, 0.25) is 5.91 Å². The molecule has 27 heavy (non-hydrogen) atoms. The fourth-order valence-corrected chi connectivity index (χ4v) is 3.21. The fourth-order valence-electron chi connectivity index (χ4n) is 3.21.